The Morgan fingerprint density at radius 2 is 0.644 bits per heavy atom. The Morgan fingerprint density at radius 1 is 0.373 bits per heavy atom. The lowest BCUT2D eigenvalue weighted by Crippen LogP contribution is -2.53. The molecule has 2 heterocycles. The van der Waals surface area contributed by atoms with Gasteiger partial charge in [-0.05, 0) is 109 Å². The van der Waals surface area contributed by atoms with Crippen LogP contribution in [-0.2, 0) is 18.9 Å². The third-order valence-corrected chi connectivity index (χ3v) is 11.2. The maximum absolute atomic E-state index is 6.02. The maximum atomic E-state index is 6.02. The van der Waals surface area contributed by atoms with E-state index in [1.165, 1.54) is 35.1 Å². The van der Waals surface area contributed by atoms with Gasteiger partial charge in [0.2, 0.25) is 0 Å². The molecule has 0 atom stereocenters. The zero-order valence-electron chi connectivity index (χ0n) is 35.7. The second-order valence-electron chi connectivity index (χ2n) is 16.1. The summed E-state index contributed by atoms with van der Waals surface area (Å²) in [5.41, 5.74) is 4.71. The van der Waals surface area contributed by atoms with Gasteiger partial charge in [0, 0.05) is 11.8 Å². The van der Waals surface area contributed by atoms with Crippen LogP contribution in [0.25, 0.3) is 22.3 Å². The van der Waals surface area contributed by atoms with Crippen LogP contribution in [0.2, 0.25) is 0 Å². The van der Waals surface area contributed by atoms with Gasteiger partial charge in [-0.1, -0.05) is 114 Å². The molecule has 0 radical (unpaired) electrons. The Bertz CT molecular complexity index is 1560. The van der Waals surface area contributed by atoms with E-state index in [0.29, 0.717) is 38.3 Å². The molecule has 8 heteroatoms. The Morgan fingerprint density at radius 3 is 0.932 bits per heavy atom. The lowest BCUT2D eigenvalue weighted by molar-refractivity contribution is -0.535. The van der Waals surface area contributed by atoms with Gasteiger partial charge in [0.1, 0.15) is 23.0 Å². The molecule has 320 valence electrons. The van der Waals surface area contributed by atoms with Crippen molar-refractivity contribution in [2.45, 2.75) is 110 Å². The van der Waals surface area contributed by atoms with E-state index in [1.54, 1.807) is 0 Å². The van der Waals surface area contributed by atoms with E-state index in [2.05, 4.69) is 86.6 Å². The van der Waals surface area contributed by atoms with Gasteiger partial charge >= 0.3 is 6.16 Å². The molecular weight excluding hydrogens is 741 g/mol. The highest BCUT2D eigenvalue weighted by Gasteiger charge is 2.44. The first-order chi connectivity index (χ1) is 29.1. The van der Waals surface area contributed by atoms with Crippen molar-refractivity contribution in [1.82, 2.24) is 0 Å². The summed E-state index contributed by atoms with van der Waals surface area (Å²) in [5.74, 6) is 4.42. The van der Waals surface area contributed by atoms with Crippen LogP contribution >= 0.6 is 0 Å². The lowest BCUT2D eigenvalue weighted by Gasteiger charge is -2.42. The monoisotopic (exact) mass is 808 g/mol. The van der Waals surface area contributed by atoms with E-state index in [0.717, 1.165) is 126 Å². The standard InChI is InChI=1S/C51H68O8/c1-3-5-33-52-47-25-17-43(18-26-47)45-21-29-49(30-22-45)54-35-13-9-7-11-15-41-37-56-51(57-38-41)58-39-42(40-59-51)16-12-8-10-14-36-55-50-31-23-46(24-32-50)44-19-27-48(28-20-44)53-34-6-4-2/h17-32,41-42H,3-16,33-40H2,1-2H3. The molecule has 8 nitrogen and oxygen atoms in total. The molecule has 1 spiro atoms. The van der Waals surface area contributed by atoms with E-state index in [-0.39, 0.29) is 0 Å². The Balaban J connectivity index is 0.736. The molecule has 2 aliphatic heterocycles. The molecule has 2 aliphatic rings. The van der Waals surface area contributed by atoms with Gasteiger partial charge in [0.25, 0.3) is 0 Å². The molecule has 0 aromatic heterocycles. The van der Waals surface area contributed by atoms with Gasteiger partial charge in [0.15, 0.2) is 0 Å². The summed E-state index contributed by atoms with van der Waals surface area (Å²) < 4.78 is 47.7. The number of unbranched alkanes of at least 4 members (excludes halogenated alkanes) is 8. The predicted molar refractivity (Wildman–Crippen MR) is 235 cm³/mol. The van der Waals surface area contributed by atoms with Crippen LogP contribution in [0.1, 0.15) is 104 Å². The molecule has 59 heavy (non-hydrogen) atoms. The van der Waals surface area contributed by atoms with Gasteiger partial charge in [0.05, 0.1) is 52.9 Å². The van der Waals surface area contributed by atoms with Gasteiger partial charge in [-0.15, -0.1) is 0 Å². The van der Waals surface area contributed by atoms with E-state index >= 15 is 0 Å². The van der Waals surface area contributed by atoms with Crippen LogP contribution in [0.5, 0.6) is 23.0 Å². The summed E-state index contributed by atoms with van der Waals surface area (Å²) in [5, 5.41) is 0. The molecule has 0 amide bonds. The van der Waals surface area contributed by atoms with Gasteiger partial charge < -0.3 is 37.9 Å². The van der Waals surface area contributed by atoms with Crippen molar-refractivity contribution < 1.29 is 37.9 Å². The molecule has 0 saturated carbocycles. The van der Waals surface area contributed by atoms with Gasteiger partial charge in [-0.25, -0.2) is 0 Å². The molecule has 0 N–H and O–H groups in total. The third-order valence-electron chi connectivity index (χ3n) is 11.2. The van der Waals surface area contributed by atoms with Crippen LogP contribution in [0, 0.1) is 11.8 Å². The van der Waals surface area contributed by atoms with Crippen molar-refractivity contribution in [2.24, 2.45) is 11.8 Å². The normalized spacial score (nSPS) is 19.1. The first kappa shape index (κ1) is 44.5. The highest BCUT2D eigenvalue weighted by Crippen LogP contribution is 2.33. The van der Waals surface area contributed by atoms with E-state index in [1.807, 2.05) is 24.3 Å². The molecular formula is C51H68O8. The highest BCUT2D eigenvalue weighted by atomic mass is 17.0. The lowest BCUT2D eigenvalue weighted by atomic mass is 10.0. The second kappa shape index (κ2) is 24.9. The largest absolute Gasteiger partial charge is 0.494 e. The smallest absolute Gasteiger partial charge is 0.412 e. The minimum Gasteiger partial charge on any atom is -0.494 e. The van der Waals surface area contributed by atoms with Crippen molar-refractivity contribution in [2.75, 3.05) is 52.9 Å². The summed E-state index contributed by atoms with van der Waals surface area (Å²) in [7, 11) is 0. The summed E-state index contributed by atoms with van der Waals surface area (Å²) >= 11 is 0. The molecule has 2 fully saturated rings. The van der Waals surface area contributed by atoms with Crippen LogP contribution in [0.3, 0.4) is 0 Å². The predicted octanol–water partition coefficient (Wildman–Crippen LogP) is 12.7. The molecule has 4 aromatic carbocycles. The van der Waals surface area contributed by atoms with Gasteiger partial charge in [-0.2, -0.15) is 0 Å². The van der Waals surface area contributed by atoms with E-state index < -0.39 is 6.16 Å². The van der Waals surface area contributed by atoms with Crippen LogP contribution < -0.4 is 18.9 Å². The molecule has 0 aliphatic carbocycles. The number of benzene rings is 4. The zero-order valence-corrected chi connectivity index (χ0v) is 35.7. The minimum absolute atomic E-state index is 0.368. The van der Waals surface area contributed by atoms with Crippen molar-refractivity contribution >= 4 is 0 Å². The van der Waals surface area contributed by atoms with Crippen LogP contribution in [0.15, 0.2) is 97.1 Å². The van der Waals surface area contributed by atoms with Crippen molar-refractivity contribution in [3.8, 4) is 45.3 Å². The summed E-state index contributed by atoms with van der Waals surface area (Å²) in [6.45, 7) is 9.77. The summed E-state index contributed by atoms with van der Waals surface area (Å²) in [6, 6.07) is 33.4. The SMILES string of the molecule is CCCCOc1ccc(-c2ccc(OCCCCCCC3COC4(OC3)OCC(CCCCCCOc3ccc(-c5ccc(OCCCC)cc5)cc3)CO4)cc2)cc1. The average Bonchev–Trinajstić information content (AvgIpc) is 3.28. The van der Waals surface area contributed by atoms with Crippen molar-refractivity contribution in [1.29, 1.82) is 0 Å². The number of rotatable bonds is 26. The van der Waals surface area contributed by atoms with E-state index in [4.69, 9.17) is 37.9 Å². The maximum Gasteiger partial charge on any atom is 0.412 e. The minimum atomic E-state index is -1.31. The average molecular weight is 809 g/mol. The van der Waals surface area contributed by atoms with Gasteiger partial charge in [-0.3, -0.25) is 0 Å². The quantitative estimate of drug-likeness (QED) is 0.0581. The Labute approximate surface area is 353 Å². The summed E-state index contributed by atoms with van der Waals surface area (Å²) in [4.78, 5) is 0. The van der Waals surface area contributed by atoms with Crippen molar-refractivity contribution in [3.63, 3.8) is 0 Å². The zero-order chi connectivity index (χ0) is 40.8. The first-order valence-corrected chi connectivity index (χ1v) is 22.6. The summed E-state index contributed by atoms with van der Waals surface area (Å²) in [6.07, 6.45) is 14.3. The Kier molecular flexibility index (Phi) is 18.7. The third kappa shape index (κ3) is 15.2. The fourth-order valence-corrected chi connectivity index (χ4v) is 7.36. The first-order valence-electron chi connectivity index (χ1n) is 22.6. The number of ether oxygens (including phenoxy) is 8. The molecule has 0 unspecified atom stereocenters. The molecule has 4 aromatic rings. The van der Waals surface area contributed by atoms with E-state index in [9.17, 15) is 0 Å². The fourth-order valence-electron chi connectivity index (χ4n) is 7.36. The van der Waals surface area contributed by atoms with Crippen molar-refractivity contribution in [3.05, 3.63) is 97.1 Å². The Hall–Kier alpha value is -4.08. The second-order valence-corrected chi connectivity index (χ2v) is 16.1. The molecule has 2 saturated heterocycles. The fraction of sp³-hybridized carbons (Fsp3) is 0.529. The number of hydrogen-bond donors (Lipinski definition) is 0. The topological polar surface area (TPSA) is 73.8 Å². The van der Waals surface area contributed by atoms with Crippen LogP contribution in [0.4, 0.5) is 0 Å². The molecule has 6 rings (SSSR count). The van der Waals surface area contributed by atoms with Crippen LogP contribution in [-0.4, -0.2) is 59.0 Å². The number of hydrogen-bond acceptors (Lipinski definition) is 8. The molecule has 0 bridgehead atoms. The highest BCUT2D eigenvalue weighted by molar-refractivity contribution is 5.65.